The number of hydrogen-bond donors (Lipinski definition) is 1. The van der Waals surface area contributed by atoms with Gasteiger partial charge in [-0.1, -0.05) is 0 Å². The van der Waals surface area contributed by atoms with Gasteiger partial charge in [0.05, 0.1) is 16.3 Å². The van der Waals surface area contributed by atoms with E-state index in [0.29, 0.717) is 17.5 Å². The molecule has 0 aliphatic heterocycles. The average Bonchev–Trinajstić information content (AvgIpc) is 2.85. The van der Waals surface area contributed by atoms with Crippen molar-refractivity contribution in [3.63, 3.8) is 0 Å². The molecule has 0 unspecified atom stereocenters. The summed E-state index contributed by atoms with van der Waals surface area (Å²) in [6, 6.07) is 9.73. The number of aromatic nitrogens is 4. The van der Waals surface area contributed by atoms with Gasteiger partial charge in [0.15, 0.2) is 0 Å². The van der Waals surface area contributed by atoms with Crippen LogP contribution in [0, 0.1) is 24.0 Å². The highest BCUT2D eigenvalue weighted by molar-refractivity contribution is 5.62. The van der Waals surface area contributed by atoms with Gasteiger partial charge >= 0.3 is 0 Å². The molecule has 116 valence electrons. The van der Waals surface area contributed by atoms with Gasteiger partial charge in [-0.15, -0.1) is 0 Å². The highest BCUT2D eigenvalue weighted by Gasteiger charge is 2.12. The maximum Gasteiger partial charge on any atom is 0.269 e. The van der Waals surface area contributed by atoms with Crippen molar-refractivity contribution in [2.24, 2.45) is 0 Å². The van der Waals surface area contributed by atoms with E-state index in [-0.39, 0.29) is 5.69 Å². The van der Waals surface area contributed by atoms with Crippen LogP contribution in [-0.4, -0.2) is 24.7 Å². The Hall–Kier alpha value is -3.29. The minimum absolute atomic E-state index is 0.0340. The second-order valence-corrected chi connectivity index (χ2v) is 5.12. The van der Waals surface area contributed by atoms with E-state index in [2.05, 4.69) is 15.1 Å². The maximum absolute atomic E-state index is 10.7. The van der Waals surface area contributed by atoms with Crippen molar-refractivity contribution in [2.45, 2.75) is 13.8 Å². The lowest BCUT2D eigenvalue weighted by Gasteiger charge is -2.07. The summed E-state index contributed by atoms with van der Waals surface area (Å²) in [7, 11) is 0. The van der Waals surface area contributed by atoms with Gasteiger partial charge in [-0.2, -0.15) is 9.78 Å². The van der Waals surface area contributed by atoms with E-state index in [1.54, 1.807) is 24.3 Å². The first-order chi connectivity index (χ1) is 10.9. The number of benzene rings is 1. The van der Waals surface area contributed by atoms with Crippen LogP contribution < -0.4 is 5.73 Å². The molecular weight excluding hydrogens is 296 g/mol. The minimum atomic E-state index is -0.437. The Labute approximate surface area is 131 Å². The second-order valence-electron chi connectivity index (χ2n) is 5.12. The lowest BCUT2D eigenvalue weighted by Crippen LogP contribution is -2.08. The van der Waals surface area contributed by atoms with Crippen LogP contribution in [0.25, 0.3) is 17.2 Å². The van der Waals surface area contributed by atoms with E-state index in [0.717, 1.165) is 17.0 Å². The zero-order valence-electron chi connectivity index (χ0n) is 12.6. The van der Waals surface area contributed by atoms with Crippen molar-refractivity contribution in [1.29, 1.82) is 0 Å². The van der Waals surface area contributed by atoms with E-state index in [1.807, 2.05) is 13.8 Å². The quantitative estimate of drug-likeness (QED) is 0.587. The molecule has 1 aromatic carbocycles. The van der Waals surface area contributed by atoms with Crippen LogP contribution in [-0.2, 0) is 0 Å². The zero-order valence-corrected chi connectivity index (χ0v) is 12.6. The summed E-state index contributed by atoms with van der Waals surface area (Å²) in [6.07, 6.45) is 0. The van der Waals surface area contributed by atoms with Crippen LogP contribution in [0.15, 0.2) is 36.4 Å². The average molecular weight is 310 g/mol. The molecule has 3 aromatic rings. The van der Waals surface area contributed by atoms with Crippen LogP contribution in [0.1, 0.15) is 11.4 Å². The summed E-state index contributed by atoms with van der Waals surface area (Å²) in [4.78, 5) is 19.1. The van der Waals surface area contributed by atoms with E-state index >= 15 is 0 Å². The molecule has 0 aliphatic rings. The molecule has 0 bridgehead atoms. The first-order valence-electron chi connectivity index (χ1n) is 6.87. The summed E-state index contributed by atoms with van der Waals surface area (Å²) in [5.41, 5.74) is 8.86. The Morgan fingerprint density at radius 2 is 1.78 bits per heavy atom. The molecular formula is C15H14N6O2. The summed E-state index contributed by atoms with van der Waals surface area (Å²) < 4.78 is 1.47. The standard InChI is InChI=1S/C15H14N6O2/c1-9-7-13(11-3-5-12(6-4-11)21(22)23)18-15(17-9)20-14(16)8-10(2)19-20/h3-8H,16H2,1-2H3. The number of rotatable bonds is 3. The van der Waals surface area contributed by atoms with E-state index in [4.69, 9.17) is 5.73 Å². The predicted octanol–water partition coefficient (Wildman–Crippen LogP) is 2.44. The van der Waals surface area contributed by atoms with Crippen molar-refractivity contribution in [2.75, 3.05) is 5.73 Å². The monoisotopic (exact) mass is 310 g/mol. The van der Waals surface area contributed by atoms with Gasteiger partial charge in [0.1, 0.15) is 5.82 Å². The maximum atomic E-state index is 10.7. The molecule has 0 aliphatic carbocycles. The SMILES string of the molecule is Cc1cc(-c2ccc([N+](=O)[O-])cc2)nc(-n2nc(C)cc2N)n1. The van der Waals surface area contributed by atoms with Gasteiger partial charge in [0, 0.05) is 29.5 Å². The Morgan fingerprint density at radius 3 is 2.35 bits per heavy atom. The topological polar surface area (TPSA) is 113 Å². The van der Waals surface area contributed by atoms with Gasteiger partial charge in [-0.05, 0) is 32.0 Å². The largest absolute Gasteiger partial charge is 0.383 e. The molecule has 3 rings (SSSR count). The third-order valence-corrected chi connectivity index (χ3v) is 3.26. The van der Waals surface area contributed by atoms with Gasteiger partial charge < -0.3 is 5.73 Å². The lowest BCUT2D eigenvalue weighted by atomic mass is 10.1. The highest BCUT2D eigenvalue weighted by Crippen LogP contribution is 2.22. The number of hydrogen-bond acceptors (Lipinski definition) is 6. The fourth-order valence-electron chi connectivity index (χ4n) is 2.23. The predicted molar refractivity (Wildman–Crippen MR) is 85.1 cm³/mol. The Morgan fingerprint density at radius 1 is 1.09 bits per heavy atom. The minimum Gasteiger partial charge on any atom is -0.383 e. The molecule has 2 N–H and O–H groups in total. The molecule has 8 nitrogen and oxygen atoms in total. The first kappa shape index (κ1) is 14.6. The number of anilines is 1. The molecule has 0 amide bonds. The first-order valence-corrected chi connectivity index (χ1v) is 6.87. The smallest absolute Gasteiger partial charge is 0.269 e. The second kappa shape index (κ2) is 5.48. The zero-order chi connectivity index (χ0) is 16.6. The van der Waals surface area contributed by atoms with E-state index in [9.17, 15) is 10.1 Å². The fraction of sp³-hybridized carbons (Fsp3) is 0.133. The van der Waals surface area contributed by atoms with Crippen LogP contribution in [0.2, 0.25) is 0 Å². The van der Waals surface area contributed by atoms with Gasteiger partial charge in [0.2, 0.25) is 0 Å². The van der Waals surface area contributed by atoms with Crippen LogP contribution in [0.4, 0.5) is 11.5 Å². The Kier molecular flexibility index (Phi) is 3.49. The fourth-order valence-corrected chi connectivity index (χ4v) is 2.23. The molecule has 0 spiro atoms. The molecule has 0 saturated heterocycles. The molecule has 23 heavy (non-hydrogen) atoms. The van der Waals surface area contributed by atoms with Crippen LogP contribution in [0.3, 0.4) is 0 Å². The van der Waals surface area contributed by atoms with Crippen molar-refractivity contribution in [1.82, 2.24) is 19.7 Å². The molecule has 2 heterocycles. The third kappa shape index (κ3) is 2.86. The summed E-state index contributed by atoms with van der Waals surface area (Å²) in [5, 5.41) is 15.0. The molecule has 0 fully saturated rings. The number of nitrogens with zero attached hydrogens (tertiary/aromatic N) is 5. The van der Waals surface area contributed by atoms with Crippen molar-refractivity contribution < 1.29 is 4.92 Å². The number of nitro benzene ring substituents is 1. The summed E-state index contributed by atoms with van der Waals surface area (Å²) >= 11 is 0. The Bertz CT molecular complexity index is 885. The van der Waals surface area contributed by atoms with Gasteiger partial charge in [-0.25, -0.2) is 9.97 Å². The van der Waals surface area contributed by atoms with Crippen LogP contribution >= 0.6 is 0 Å². The molecule has 0 saturated carbocycles. The number of nitrogen functional groups attached to an aromatic ring is 1. The van der Waals surface area contributed by atoms with E-state index in [1.165, 1.54) is 16.8 Å². The van der Waals surface area contributed by atoms with Gasteiger partial charge in [0.25, 0.3) is 11.6 Å². The molecule has 0 atom stereocenters. The molecule has 0 radical (unpaired) electrons. The highest BCUT2D eigenvalue weighted by atomic mass is 16.6. The van der Waals surface area contributed by atoms with E-state index < -0.39 is 4.92 Å². The summed E-state index contributed by atoms with van der Waals surface area (Å²) in [6.45, 7) is 3.67. The third-order valence-electron chi connectivity index (χ3n) is 3.26. The van der Waals surface area contributed by atoms with Crippen molar-refractivity contribution in [3.05, 3.63) is 57.9 Å². The van der Waals surface area contributed by atoms with Crippen molar-refractivity contribution >= 4 is 11.5 Å². The summed E-state index contributed by atoms with van der Waals surface area (Å²) in [5.74, 6) is 0.812. The number of nitrogens with two attached hydrogens (primary N) is 1. The molecule has 2 aromatic heterocycles. The Balaban J connectivity index is 2.07. The lowest BCUT2D eigenvalue weighted by molar-refractivity contribution is -0.384. The number of non-ortho nitro benzene ring substituents is 1. The molecule has 8 heteroatoms. The normalized spacial score (nSPS) is 10.7. The van der Waals surface area contributed by atoms with Crippen LogP contribution in [0.5, 0.6) is 0 Å². The van der Waals surface area contributed by atoms with Gasteiger partial charge in [-0.3, -0.25) is 10.1 Å². The number of aryl methyl sites for hydroxylation is 2. The van der Waals surface area contributed by atoms with Crippen molar-refractivity contribution in [3.8, 4) is 17.2 Å². The number of nitro groups is 1.